The molecule has 2 aliphatic rings. The minimum atomic E-state index is 0.198. The summed E-state index contributed by atoms with van der Waals surface area (Å²) < 4.78 is 7.53. The zero-order valence-electron chi connectivity index (χ0n) is 14.0. The average Bonchev–Trinajstić information content (AvgIpc) is 3.07. The second-order valence-corrected chi connectivity index (χ2v) is 7.89. The summed E-state index contributed by atoms with van der Waals surface area (Å²) in [4.78, 5) is 15.9. The van der Waals surface area contributed by atoms with Crippen LogP contribution in [0.15, 0.2) is 23.7 Å². The molecule has 0 saturated heterocycles. The third-order valence-corrected chi connectivity index (χ3v) is 5.83. The van der Waals surface area contributed by atoms with E-state index in [4.69, 9.17) is 4.74 Å². The molecule has 5 nitrogen and oxygen atoms in total. The highest BCUT2D eigenvalue weighted by atomic mass is 32.1. The molecule has 1 saturated carbocycles. The molecule has 24 heavy (non-hydrogen) atoms. The van der Waals surface area contributed by atoms with Crippen LogP contribution in [0.1, 0.15) is 34.9 Å². The molecule has 0 bridgehead atoms. The predicted molar refractivity (Wildman–Crippen MR) is 93.0 cm³/mol. The van der Waals surface area contributed by atoms with Crippen molar-refractivity contribution in [3.63, 3.8) is 0 Å². The van der Waals surface area contributed by atoms with Crippen LogP contribution in [0.3, 0.4) is 0 Å². The van der Waals surface area contributed by atoms with Crippen LogP contribution in [0.2, 0.25) is 0 Å². The Hall–Kier alpha value is -1.66. The van der Waals surface area contributed by atoms with Gasteiger partial charge in [-0.2, -0.15) is 5.10 Å². The van der Waals surface area contributed by atoms with Gasteiger partial charge in [0.2, 0.25) is 5.91 Å². The largest absolute Gasteiger partial charge is 0.384 e. The molecular formula is C18H23N3O2S. The maximum Gasteiger partial charge on any atom is 0.228 e. The van der Waals surface area contributed by atoms with E-state index >= 15 is 0 Å². The van der Waals surface area contributed by atoms with E-state index in [1.54, 1.807) is 18.4 Å². The summed E-state index contributed by atoms with van der Waals surface area (Å²) in [5.41, 5.74) is 2.47. The fourth-order valence-corrected chi connectivity index (χ4v) is 4.15. The molecule has 0 unspecified atom stereocenters. The average molecular weight is 345 g/mol. The van der Waals surface area contributed by atoms with Gasteiger partial charge in [0.05, 0.1) is 31.5 Å². The number of nitrogens with zero attached hydrogens (tertiary/aromatic N) is 3. The Morgan fingerprint density at radius 1 is 1.46 bits per heavy atom. The summed E-state index contributed by atoms with van der Waals surface area (Å²) in [7, 11) is 1.72. The maximum absolute atomic E-state index is 12.8. The van der Waals surface area contributed by atoms with Crippen LogP contribution in [-0.4, -0.2) is 40.8 Å². The Balaban J connectivity index is 1.54. The van der Waals surface area contributed by atoms with E-state index in [0.717, 1.165) is 23.9 Å². The van der Waals surface area contributed by atoms with Crippen molar-refractivity contribution in [1.29, 1.82) is 0 Å². The second kappa shape index (κ2) is 6.69. The highest BCUT2D eigenvalue weighted by Crippen LogP contribution is 2.34. The predicted octanol–water partition coefficient (Wildman–Crippen LogP) is 2.67. The Morgan fingerprint density at radius 3 is 3.04 bits per heavy atom. The lowest BCUT2D eigenvalue weighted by Gasteiger charge is -2.33. The number of fused-ring (bicyclic) bond motifs is 1. The Labute approximate surface area is 146 Å². The lowest BCUT2D eigenvalue weighted by atomic mass is 9.95. The highest BCUT2D eigenvalue weighted by molar-refractivity contribution is 7.10. The van der Waals surface area contributed by atoms with Crippen molar-refractivity contribution >= 4 is 17.2 Å². The van der Waals surface area contributed by atoms with E-state index in [0.29, 0.717) is 19.6 Å². The number of amides is 1. The summed E-state index contributed by atoms with van der Waals surface area (Å²) in [5.74, 6) is 1.19. The molecule has 128 valence electrons. The molecule has 2 aromatic heterocycles. The van der Waals surface area contributed by atoms with Gasteiger partial charge in [0.15, 0.2) is 0 Å². The summed E-state index contributed by atoms with van der Waals surface area (Å²) in [6, 6.07) is 4.03. The molecule has 1 amide bonds. The van der Waals surface area contributed by atoms with Crippen molar-refractivity contribution < 1.29 is 9.53 Å². The zero-order valence-corrected chi connectivity index (χ0v) is 14.8. The topological polar surface area (TPSA) is 47.4 Å². The first-order chi connectivity index (χ1) is 11.7. The van der Waals surface area contributed by atoms with Crippen molar-refractivity contribution in [2.24, 2.45) is 5.92 Å². The van der Waals surface area contributed by atoms with Gasteiger partial charge in [0, 0.05) is 36.6 Å². The van der Waals surface area contributed by atoms with Gasteiger partial charge in [-0.25, -0.2) is 0 Å². The minimum Gasteiger partial charge on any atom is -0.384 e. The third kappa shape index (κ3) is 3.26. The van der Waals surface area contributed by atoms with Gasteiger partial charge in [-0.15, -0.1) is 11.3 Å². The van der Waals surface area contributed by atoms with Crippen LogP contribution in [0.25, 0.3) is 0 Å². The molecule has 6 heteroatoms. The van der Waals surface area contributed by atoms with Gasteiger partial charge < -0.3 is 9.64 Å². The molecule has 3 heterocycles. The second-order valence-electron chi connectivity index (χ2n) is 6.85. The number of methoxy groups -OCH3 is 1. The molecule has 0 aromatic carbocycles. The lowest BCUT2D eigenvalue weighted by molar-refractivity contribution is -0.132. The molecule has 1 aliphatic carbocycles. The molecule has 2 aromatic rings. The van der Waals surface area contributed by atoms with Crippen molar-refractivity contribution in [2.45, 2.75) is 38.3 Å². The van der Waals surface area contributed by atoms with Crippen molar-refractivity contribution in [2.75, 3.05) is 20.3 Å². The van der Waals surface area contributed by atoms with E-state index < -0.39 is 0 Å². The maximum atomic E-state index is 12.8. The minimum absolute atomic E-state index is 0.198. The van der Waals surface area contributed by atoms with Gasteiger partial charge in [0.25, 0.3) is 0 Å². The number of rotatable bonds is 6. The number of hydrogen-bond acceptors (Lipinski definition) is 4. The number of carbonyl (C=O) groups excluding carboxylic acids is 1. The summed E-state index contributed by atoms with van der Waals surface area (Å²) in [6.45, 7) is 3.01. The first-order valence-corrected chi connectivity index (χ1v) is 9.46. The van der Waals surface area contributed by atoms with E-state index in [1.165, 1.54) is 24.1 Å². The molecule has 1 aliphatic heterocycles. The van der Waals surface area contributed by atoms with E-state index in [1.807, 2.05) is 28.6 Å². The van der Waals surface area contributed by atoms with Gasteiger partial charge in [-0.1, -0.05) is 6.07 Å². The monoisotopic (exact) mass is 345 g/mol. The standard InChI is InChI=1S/C18H23N3O2S/c1-23-12-14-10-20(18(22)7-15-3-2-6-24-15)11-17-16(14)8-19-21(17)9-13-4-5-13/h2-3,6,8,13-14H,4-5,7,9-12H2,1H3/t14-/m1/s1. The van der Waals surface area contributed by atoms with Gasteiger partial charge >= 0.3 is 0 Å². The summed E-state index contributed by atoms with van der Waals surface area (Å²) >= 11 is 1.64. The quantitative estimate of drug-likeness (QED) is 0.809. The van der Waals surface area contributed by atoms with E-state index in [9.17, 15) is 4.79 Å². The van der Waals surface area contributed by atoms with Gasteiger partial charge in [-0.3, -0.25) is 9.48 Å². The molecule has 4 rings (SSSR count). The van der Waals surface area contributed by atoms with Crippen LogP contribution in [0, 0.1) is 5.92 Å². The van der Waals surface area contributed by atoms with Crippen molar-refractivity contribution in [3.05, 3.63) is 39.8 Å². The number of thiophene rings is 1. The Kier molecular flexibility index (Phi) is 4.41. The normalized spacial score (nSPS) is 20.2. The van der Waals surface area contributed by atoms with Crippen LogP contribution >= 0.6 is 11.3 Å². The van der Waals surface area contributed by atoms with Gasteiger partial charge in [-0.05, 0) is 30.2 Å². The first kappa shape index (κ1) is 15.8. The zero-order chi connectivity index (χ0) is 16.5. The lowest BCUT2D eigenvalue weighted by Crippen LogP contribution is -2.40. The Bertz CT molecular complexity index is 706. The van der Waals surface area contributed by atoms with Gasteiger partial charge in [0.1, 0.15) is 0 Å². The van der Waals surface area contributed by atoms with E-state index in [-0.39, 0.29) is 11.8 Å². The molecule has 0 spiro atoms. The summed E-state index contributed by atoms with van der Waals surface area (Å²) in [6.07, 6.45) is 5.08. The molecule has 0 N–H and O–H groups in total. The number of hydrogen-bond donors (Lipinski definition) is 0. The number of aromatic nitrogens is 2. The molecule has 1 fully saturated rings. The third-order valence-electron chi connectivity index (χ3n) is 4.96. The Morgan fingerprint density at radius 2 is 2.33 bits per heavy atom. The van der Waals surface area contributed by atoms with Crippen molar-refractivity contribution in [1.82, 2.24) is 14.7 Å². The number of ether oxygens (including phenoxy) is 1. The van der Waals surface area contributed by atoms with Crippen LogP contribution in [0.4, 0.5) is 0 Å². The molecule has 0 radical (unpaired) electrons. The first-order valence-electron chi connectivity index (χ1n) is 8.58. The van der Waals surface area contributed by atoms with Crippen molar-refractivity contribution in [3.8, 4) is 0 Å². The molecular weight excluding hydrogens is 322 g/mol. The summed E-state index contributed by atoms with van der Waals surface area (Å²) in [5, 5.41) is 6.63. The SMILES string of the molecule is COC[C@H]1CN(C(=O)Cc2cccs2)Cc2c1cnn2CC1CC1. The fourth-order valence-electron chi connectivity index (χ4n) is 3.46. The smallest absolute Gasteiger partial charge is 0.228 e. The fraction of sp³-hybridized carbons (Fsp3) is 0.556. The van der Waals surface area contributed by atoms with Crippen LogP contribution in [0.5, 0.6) is 0 Å². The highest BCUT2D eigenvalue weighted by Gasteiger charge is 2.32. The molecule has 1 atom stereocenters. The van der Waals surface area contributed by atoms with Crippen LogP contribution in [-0.2, 0) is 29.0 Å². The number of carbonyl (C=O) groups is 1. The van der Waals surface area contributed by atoms with Crippen LogP contribution < -0.4 is 0 Å². The van der Waals surface area contributed by atoms with E-state index in [2.05, 4.69) is 9.78 Å².